The number of aromatic nitrogens is 1. The fourth-order valence-electron chi connectivity index (χ4n) is 1.32. The summed E-state index contributed by atoms with van der Waals surface area (Å²) in [5.41, 5.74) is 6.52. The molecule has 17 heavy (non-hydrogen) atoms. The van der Waals surface area contributed by atoms with Crippen LogP contribution in [0.4, 0.5) is 5.82 Å². The van der Waals surface area contributed by atoms with Crippen LogP contribution in [-0.4, -0.2) is 4.98 Å². The van der Waals surface area contributed by atoms with Gasteiger partial charge in [-0.15, -0.1) is 0 Å². The molecule has 0 bridgehead atoms. The van der Waals surface area contributed by atoms with Crippen LogP contribution in [0.15, 0.2) is 36.5 Å². The first-order valence-electron chi connectivity index (χ1n) is 4.94. The average molecular weight is 269 g/mol. The number of anilines is 1. The van der Waals surface area contributed by atoms with Gasteiger partial charge in [-0.3, -0.25) is 0 Å². The van der Waals surface area contributed by atoms with Crippen LogP contribution >= 0.6 is 23.2 Å². The molecule has 0 saturated heterocycles. The second kappa shape index (κ2) is 5.25. The summed E-state index contributed by atoms with van der Waals surface area (Å²) >= 11 is 11.8. The monoisotopic (exact) mass is 268 g/mol. The van der Waals surface area contributed by atoms with E-state index in [1.165, 1.54) is 0 Å². The fraction of sp³-hybridized carbons (Fsp3) is 0.0833. The van der Waals surface area contributed by atoms with Gasteiger partial charge in [0.2, 0.25) is 0 Å². The Hall–Kier alpha value is -1.45. The lowest BCUT2D eigenvalue weighted by Crippen LogP contribution is -2.01. The first-order valence-corrected chi connectivity index (χ1v) is 5.69. The normalized spacial score (nSPS) is 10.2. The molecular formula is C12H10Cl2N2O. The summed E-state index contributed by atoms with van der Waals surface area (Å²) < 4.78 is 5.55. The SMILES string of the molecule is Nc1ncccc1COc1ccc(Cl)cc1Cl. The lowest BCUT2D eigenvalue weighted by atomic mass is 10.3. The second-order valence-corrected chi connectivity index (χ2v) is 4.25. The lowest BCUT2D eigenvalue weighted by molar-refractivity contribution is 0.307. The lowest BCUT2D eigenvalue weighted by Gasteiger charge is -2.09. The Bertz CT molecular complexity index is 532. The summed E-state index contributed by atoms with van der Waals surface area (Å²) in [7, 11) is 0. The Balaban J connectivity index is 2.10. The van der Waals surface area contributed by atoms with Gasteiger partial charge in [-0.1, -0.05) is 29.3 Å². The number of halogens is 2. The molecule has 0 aliphatic carbocycles. The molecule has 3 nitrogen and oxygen atoms in total. The molecule has 2 aromatic rings. The number of hydrogen-bond donors (Lipinski definition) is 1. The highest BCUT2D eigenvalue weighted by Gasteiger charge is 2.04. The molecule has 1 heterocycles. The molecule has 0 saturated carbocycles. The summed E-state index contributed by atoms with van der Waals surface area (Å²) in [5.74, 6) is 1.02. The van der Waals surface area contributed by atoms with Crippen molar-refractivity contribution in [3.8, 4) is 5.75 Å². The summed E-state index contributed by atoms with van der Waals surface area (Å²) in [4.78, 5) is 3.97. The molecular weight excluding hydrogens is 259 g/mol. The van der Waals surface area contributed by atoms with Crippen LogP contribution in [0.25, 0.3) is 0 Å². The average Bonchev–Trinajstić information content (AvgIpc) is 2.30. The first-order chi connectivity index (χ1) is 8.16. The van der Waals surface area contributed by atoms with Gasteiger partial charge in [-0.2, -0.15) is 0 Å². The zero-order valence-electron chi connectivity index (χ0n) is 8.86. The van der Waals surface area contributed by atoms with Gasteiger partial charge in [0.15, 0.2) is 0 Å². The van der Waals surface area contributed by atoms with Gasteiger partial charge in [0.25, 0.3) is 0 Å². The molecule has 0 aliphatic heterocycles. The Labute approximate surface area is 109 Å². The van der Waals surface area contributed by atoms with Crippen molar-refractivity contribution in [1.82, 2.24) is 4.98 Å². The zero-order valence-corrected chi connectivity index (χ0v) is 10.4. The molecule has 0 unspecified atom stereocenters. The highest BCUT2D eigenvalue weighted by atomic mass is 35.5. The van der Waals surface area contributed by atoms with Gasteiger partial charge in [0.1, 0.15) is 18.2 Å². The van der Waals surface area contributed by atoms with Gasteiger partial charge < -0.3 is 10.5 Å². The third-order valence-corrected chi connectivity index (χ3v) is 2.73. The van der Waals surface area contributed by atoms with Crippen LogP contribution in [0.5, 0.6) is 5.75 Å². The molecule has 2 N–H and O–H groups in total. The minimum Gasteiger partial charge on any atom is -0.487 e. The van der Waals surface area contributed by atoms with Gasteiger partial charge in [-0.05, 0) is 24.3 Å². The summed E-state index contributed by atoms with van der Waals surface area (Å²) in [6, 6.07) is 8.72. The van der Waals surface area contributed by atoms with Crippen molar-refractivity contribution in [2.75, 3.05) is 5.73 Å². The van der Waals surface area contributed by atoms with Crippen LogP contribution in [0, 0.1) is 0 Å². The number of pyridine rings is 1. The van der Waals surface area contributed by atoms with E-state index in [0.717, 1.165) is 5.56 Å². The summed E-state index contributed by atoms with van der Waals surface area (Å²) in [5, 5.41) is 1.04. The molecule has 5 heteroatoms. The molecule has 0 spiro atoms. The third-order valence-electron chi connectivity index (χ3n) is 2.20. The topological polar surface area (TPSA) is 48.1 Å². The smallest absolute Gasteiger partial charge is 0.138 e. The van der Waals surface area contributed by atoms with E-state index in [9.17, 15) is 0 Å². The number of hydrogen-bond acceptors (Lipinski definition) is 3. The van der Waals surface area contributed by atoms with Gasteiger partial charge in [0, 0.05) is 16.8 Å². The van der Waals surface area contributed by atoms with Gasteiger partial charge in [0.05, 0.1) is 5.02 Å². The first kappa shape index (κ1) is 12.0. The Morgan fingerprint density at radius 2 is 2.06 bits per heavy atom. The summed E-state index contributed by atoms with van der Waals surface area (Å²) in [6.07, 6.45) is 1.63. The molecule has 2 rings (SSSR count). The van der Waals surface area contributed by atoms with E-state index in [-0.39, 0.29) is 0 Å². The molecule has 0 atom stereocenters. The van der Waals surface area contributed by atoms with E-state index >= 15 is 0 Å². The highest BCUT2D eigenvalue weighted by molar-refractivity contribution is 6.35. The quantitative estimate of drug-likeness (QED) is 0.926. The van der Waals surface area contributed by atoms with E-state index in [4.69, 9.17) is 33.7 Å². The minimum atomic E-state index is 0.320. The van der Waals surface area contributed by atoms with Crippen LogP contribution < -0.4 is 10.5 Å². The van der Waals surface area contributed by atoms with Crippen molar-refractivity contribution in [3.05, 3.63) is 52.1 Å². The van der Waals surface area contributed by atoms with Crippen LogP contribution in [0.2, 0.25) is 10.0 Å². The maximum Gasteiger partial charge on any atom is 0.138 e. The van der Waals surface area contributed by atoms with Crippen molar-refractivity contribution in [1.29, 1.82) is 0 Å². The molecule has 1 aromatic heterocycles. The maximum atomic E-state index is 5.98. The zero-order chi connectivity index (χ0) is 12.3. The molecule has 0 fully saturated rings. The van der Waals surface area contributed by atoms with E-state index in [1.807, 2.05) is 6.07 Å². The van der Waals surface area contributed by atoms with E-state index in [2.05, 4.69) is 4.98 Å². The largest absolute Gasteiger partial charge is 0.487 e. The molecule has 0 aliphatic rings. The molecule has 0 amide bonds. The molecule has 88 valence electrons. The minimum absolute atomic E-state index is 0.320. The Kier molecular flexibility index (Phi) is 3.71. The predicted molar refractivity (Wildman–Crippen MR) is 69.4 cm³/mol. The van der Waals surface area contributed by atoms with Crippen LogP contribution in [-0.2, 0) is 6.61 Å². The highest BCUT2D eigenvalue weighted by Crippen LogP contribution is 2.28. The number of benzene rings is 1. The predicted octanol–water partition coefficient (Wildman–Crippen LogP) is 3.55. The number of nitrogens with two attached hydrogens (primary N) is 1. The maximum absolute atomic E-state index is 5.98. The summed E-state index contributed by atoms with van der Waals surface area (Å²) in [6.45, 7) is 0.320. The van der Waals surface area contributed by atoms with E-state index in [0.29, 0.717) is 28.2 Å². The Morgan fingerprint density at radius 3 is 2.76 bits per heavy atom. The number of ether oxygens (including phenoxy) is 1. The number of nitrogen functional groups attached to an aromatic ring is 1. The van der Waals surface area contributed by atoms with Crippen molar-refractivity contribution >= 4 is 29.0 Å². The van der Waals surface area contributed by atoms with Crippen LogP contribution in [0.1, 0.15) is 5.56 Å². The molecule has 1 aromatic carbocycles. The number of rotatable bonds is 3. The van der Waals surface area contributed by atoms with Crippen molar-refractivity contribution in [2.24, 2.45) is 0 Å². The van der Waals surface area contributed by atoms with Crippen molar-refractivity contribution < 1.29 is 4.74 Å². The van der Waals surface area contributed by atoms with Crippen molar-refractivity contribution in [3.63, 3.8) is 0 Å². The van der Waals surface area contributed by atoms with Crippen LogP contribution in [0.3, 0.4) is 0 Å². The van der Waals surface area contributed by atoms with Gasteiger partial charge in [-0.25, -0.2) is 4.98 Å². The Morgan fingerprint density at radius 1 is 1.24 bits per heavy atom. The van der Waals surface area contributed by atoms with Gasteiger partial charge >= 0.3 is 0 Å². The second-order valence-electron chi connectivity index (χ2n) is 3.41. The standard InChI is InChI=1S/C12H10Cl2N2O/c13-9-3-4-11(10(14)6-9)17-7-8-2-1-5-16-12(8)15/h1-6H,7H2,(H2,15,16). The fourth-order valence-corrected chi connectivity index (χ4v) is 1.78. The third kappa shape index (κ3) is 3.02. The van der Waals surface area contributed by atoms with E-state index in [1.54, 1.807) is 30.5 Å². The number of nitrogens with zero attached hydrogens (tertiary/aromatic N) is 1. The van der Waals surface area contributed by atoms with E-state index < -0.39 is 0 Å². The van der Waals surface area contributed by atoms with Crippen molar-refractivity contribution in [2.45, 2.75) is 6.61 Å². The molecule has 0 radical (unpaired) electrons.